The smallest absolute Gasteiger partial charge is 0.292 e. The van der Waals surface area contributed by atoms with Gasteiger partial charge in [-0.05, 0) is 96.3 Å². The molecule has 262 valence electrons. The zero-order chi connectivity index (χ0) is 35.8. The Bertz CT molecular complexity index is 1840. The Morgan fingerprint density at radius 2 is 1.10 bits per heavy atom. The summed E-state index contributed by atoms with van der Waals surface area (Å²) in [7, 11) is 4.10. The van der Waals surface area contributed by atoms with Gasteiger partial charge in [-0.1, -0.05) is 36.4 Å². The molecule has 0 atom stereocenters. The van der Waals surface area contributed by atoms with Gasteiger partial charge in [0.2, 0.25) is 0 Å². The second-order valence-electron chi connectivity index (χ2n) is 12.8. The van der Waals surface area contributed by atoms with Crippen LogP contribution in [0.4, 0.5) is 41.6 Å². The molecular weight excluding hydrogens is 647 g/mol. The number of rotatable bonds is 9. The van der Waals surface area contributed by atoms with E-state index in [9.17, 15) is 32.9 Å². The average Bonchev–Trinajstić information content (AvgIpc) is 3.11. The summed E-state index contributed by atoms with van der Waals surface area (Å²) in [5, 5.41) is 16.9. The van der Waals surface area contributed by atoms with Crippen LogP contribution in [0, 0.1) is 39.4 Å². The minimum Gasteiger partial charge on any atom is -0.353 e. The van der Waals surface area contributed by atoms with Crippen LogP contribution in [-0.4, -0.2) is 66.6 Å². The largest absolute Gasteiger partial charge is 0.353 e. The van der Waals surface area contributed by atoms with E-state index in [-0.39, 0.29) is 34.8 Å². The molecule has 0 amide bonds. The molecule has 2 aliphatic rings. The molecule has 6 rings (SSSR count). The Morgan fingerprint density at radius 3 is 1.60 bits per heavy atom. The van der Waals surface area contributed by atoms with Crippen LogP contribution < -0.4 is 10.6 Å². The average molecular weight is 688 g/mol. The normalized spacial score (nSPS) is 15.9. The maximum absolute atomic E-state index is 13.8. The summed E-state index contributed by atoms with van der Waals surface area (Å²) in [5.74, 6) is -3.03. The number of nitrogens with one attached hydrogen (secondary N) is 2. The molecule has 0 aliphatic carbocycles. The molecule has 4 aromatic carbocycles. The summed E-state index contributed by atoms with van der Waals surface area (Å²) in [5.41, 5.74) is 2.55. The van der Waals surface area contributed by atoms with Gasteiger partial charge >= 0.3 is 0 Å². The van der Waals surface area contributed by atoms with Gasteiger partial charge in [0.25, 0.3) is 5.69 Å². The SMILES string of the molecule is CN1CCC(C(=O)c2cccc(Nc3cc(F)c(F)cc3F)c2)CC1.CN1CCC(C(=O)c2cccc(Nc3ccccc3[N+](=O)[O-])c2)CC1. The van der Waals surface area contributed by atoms with Gasteiger partial charge in [0.05, 0.1) is 10.6 Å². The first kappa shape index (κ1) is 36.2. The van der Waals surface area contributed by atoms with Gasteiger partial charge in [0.15, 0.2) is 23.2 Å². The van der Waals surface area contributed by atoms with Crippen LogP contribution in [0.1, 0.15) is 46.4 Å². The van der Waals surface area contributed by atoms with Crippen LogP contribution in [-0.2, 0) is 0 Å². The zero-order valence-electron chi connectivity index (χ0n) is 28.0. The number of benzene rings is 4. The number of carbonyl (C=O) groups excluding carboxylic acids is 2. The number of nitro groups is 1. The third kappa shape index (κ3) is 9.33. The number of halogens is 3. The van der Waals surface area contributed by atoms with Crippen LogP contribution in [0.5, 0.6) is 0 Å². The van der Waals surface area contributed by atoms with E-state index in [1.165, 1.54) is 6.07 Å². The van der Waals surface area contributed by atoms with Crippen LogP contribution in [0.3, 0.4) is 0 Å². The molecule has 2 N–H and O–H groups in total. The molecular formula is C38H40F3N5O4. The zero-order valence-corrected chi connectivity index (χ0v) is 28.0. The molecule has 4 aromatic rings. The lowest BCUT2D eigenvalue weighted by atomic mass is 9.89. The number of nitro benzene ring substituents is 1. The molecule has 0 bridgehead atoms. The number of anilines is 4. The van der Waals surface area contributed by atoms with Crippen LogP contribution in [0.25, 0.3) is 0 Å². The molecule has 0 radical (unpaired) electrons. The van der Waals surface area contributed by atoms with E-state index in [1.807, 2.05) is 19.2 Å². The number of piperidine rings is 2. The van der Waals surface area contributed by atoms with E-state index in [0.717, 1.165) is 57.9 Å². The second kappa shape index (κ2) is 16.6. The van der Waals surface area contributed by atoms with E-state index in [4.69, 9.17) is 0 Å². The van der Waals surface area contributed by atoms with Crippen molar-refractivity contribution in [3.63, 3.8) is 0 Å². The van der Waals surface area contributed by atoms with E-state index < -0.39 is 22.4 Å². The number of para-hydroxylation sites is 2. The molecule has 2 aliphatic heterocycles. The molecule has 0 spiro atoms. The van der Waals surface area contributed by atoms with Crippen LogP contribution >= 0.6 is 0 Å². The lowest BCUT2D eigenvalue weighted by molar-refractivity contribution is -0.383. The van der Waals surface area contributed by atoms with Crippen LogP contribution in [0.15, 0.2) is 84.9 Å². The van der Waals surface area contributed by atoms with Crippen molar-refractivity contribution < 1.29 is 27.7 Å². The molecule has 2 heterocycles. The maximum atomic E-state index is 13.8. The fourth-order valence-corrected chi connectivity index (χ4v) is 6.18. The Balaban J connectivity index is 0.000000194. The molecule has 12 heteroatoms. The van der Waals surface area contributed by atoms with Crippen molar-refractivity contribution in [2.45, 2.75) is 25.7 Å². The minimum absolute atomic E-state index is 0.00884. The van der Waals surface area contributed by atoms with Crippen molar-refractivity contribution in [3.05, 3.63) is 124 Å². The highest BCUT2D eigenvalue weighted by Gasteiger charge is 2.26. The number of nitrogens with zero attached hydrogens (tertiary/aromatic N) is 3. The Hall–Kier alpha value is -5.07. The summed E-state index contributed by atoms with van der Waals surface area (Å²) in [6.45, 7) is 3.64. The van der Waals surface area contributed by atoms with Gasteiger partial charge in [0.1, 0.15) is 11.5 Å². The highest BCUT2D eigenvalue weighted by molar-refractivity contribution is 5.99. The highest BCUT2D eigenvalue weighted by atomic mass is 19.2. The van der Waals surface area contributed by atoms with Gasteiger partial charge in [0, 0.05) is 52.5 Å². The first-order valence-corrected chi connectivity index (χ1v) is 16.6. The summed E-state index contributed by atoms with van der Waals surface area (Å²) < 4.78 is 40.1. The molecule has 0 saturated carbocycles. The number of likely N-dealkylation sites (tertiary alicyclic amines) is 2. The predicted octanol–water partition coefficient (Wildman–Crippen LogP) is 8.23. The third-order valence-electron chi connectivity index (χ3n) is 9.14. The van der Waals surface area contributed by atoms with Gasteiger partial charge < -0.3 is 20.4 Å². The topological polar surface area (TPSA) is 108 Å². The van der Waals surface area contributed by atoms with Crippen molar-refractivity contribution >= 4 is 40.0 Å². The lowest BCUT2D eigenvalue weighted by Crippen LogP contribution is -2.33. The standard InChI is InChI=1S/C19H19F3N2O.C19H21N3O3/c1-24-7-5-12(6-8-24)19(25)13-3-2-4-14(9-13)23-18-11-16(21)15(20)10-17(18)22;1-21-11-9-14(10-12-21)19(23)15-5-4-6-16(13-15)20-17-7-2-3-8-18(17)22(24)25/h2-4,9-12,23H,5-8H2,1H3;2-8,13-14,20H,9-12H2,1H3. The Labute approximate surface area is 289 Å². The summed E-state index contributed by atoms with van der Waals surface area (Å²) in [6.07, 6.45) is 3.36. The highest BCUT2D eigenvalue weighted by Crippen LogP contribution is 2.29. The van der Waals surface area contributed by atoms with E-state index in [0.29, 0.717) is 34.3 Å². The second-order valence-corrected chi connectivity index (χ2v) is 12.8. The van der Waals surface area contributed by atoms with Crippen molar-refractivity contribution in [2.75, 3.05) is 50.9 Å². The monoisotopic (exact) mass is 687 g/mol. The fourth-order valence-electron chi connectivity index (χ4n) is 6.18. The van der Waals surface area contributed by atoms with E-state index >= 15 is 0 Å². The first-order valence-electron chi connectivity index (χ1n) is 16.6. The number of hydrogen-bond donors (Lipinski definition) is 2. The van der Waals surface area contributed by atoms with Gasteiger partial charge in [-0.3, -0.25) is 19.7 Å². The van der Waals surface area contributed by atoms with Gasteiger partial charge in [-0.25, -0.2) is 13.2 Å². The molecule has 50 heavy (non-hydrogen) atoms. The summed E-state index contributed by atoms with van der Waals surface area (Å²) in [6, 6.07) is 21.6. The molecule has 2 fully saturated rings. The van der Waals surface area contributed by atoms with Gasteiger partial charge in [-0.2, -0.15) is 0 Å². The Morgan fingerprint density at radius 1 is 0.640 bits per heavy atom. The number of Topliss-reactive ketones (excluding diaryl/α,β-unsaturated/α-hetero) is 2. The minimum atomic E-state index is -1.24. The molecule has 0 aromatic heterocycles. The molecule has 9 nitrogen and oxygen atoms in total. The van der Waals surface area contributed by atoms with Crippen molar-refractivity contribution in [1.82, 2.24) is 9.80 Å². The molecule has 0 unspecified atom stereocenters. The Kier molecular flexibility index (Phi) is 12.0. The van der Waals surface area contributed by atoms with Crippen molar-refractivity contribution in [1.29, 1.82) is 0 Å². The van der Waals surface area contributed by atoms with Crippen molar-refractivity contribution in [2.24, 2.45) is 11.8 Å². The lowest BCUT2D eigenvalue weighted by Gasteiger charge is -2.28. The first-order chi connectivity index (χ1) is 24.0. The van der Waals surface area contributed by atoms with E-state index in [2.05, 4.69) is 27.5 Å². The molecule has 2 saturated heterocycles. The summed E-state index contributed by atoms with van der Waals surface area (Å²) >= 11 is 0. The number of ketones is 2. The fraction of sp³-hybridized carbons (Fsp3) is 0.316. The van der Waals surface area contributed by atoms with Crippen LogP contribution in [0.2, 0.25) is 0 Å². The predicted molar refractivity (Wildman–Crippen MR) is 188 cm³/mol. The quantitative estimate of drug-likeness (QED) is 0.0785. The third-order valence-corrected chi connectivity index (χ3v) is 9.14. The van der Waals surface area contributed by atoms with Crippen molar-refractivity contribution in [3.8, 4) is 0 Å². The number of hydrogen-bond acceptors (Lipinski definition) is 8. The maximum Gasteiger partial charge on any atom is 0.292 e. The van der Waals surface area contributed by atoms with E-state index in [1.54, 1.807) is 54.6 Å². The van der Waals surface area contributed by atoms with Gasteiger partial charge in [-0.15, -0.1) is 0 Å². The number of carbonyl (C=O) groups is 2. The summed E-state index contributed by atoms with van der Waals surface area (Å²) in [4.78, 5) is 40.5.